The fraction of sp³-hybridized carbons (Fsp3) is 0.0588. The molecule has 3 nitrogen and oxygen atoms in total. The van der Waals surface area contributed by atoms with Gasteiger partial charge in [0, 0.05) is 27.7 Å². The number of hydrogen-bond acceptors (Lipinski definition) is 2. The van der Waals surface area contributed by atoms with Crippen molar-refractivity contribution in [3.8, 4) is 0 Å². The number of halogens is 1. The number of benzene rings is 2. The summed E-state index contributed by atoms with van der Waals surface area (Å²) in [6.45, 7) is 0.211. The van der Waals surface area contributed by atoms with E-state index in [4.69, 9.17) is 0 Å². The minimum Gasteiger partial charge on any atom is -0.339 e. The highest BCUT2D eigenvalue weighted by Crippen LogP contribution is 2.13. The van der Waals surface area contributed by atoms with Crippen LogP contribution in [0.5, 0.6) is 0 Å². The number of rotatable bonds is 3. The van der Waals surface area contributed by atoms with E-state index in [1.165, 1.54) is 6.07 Å². The van der Waals surface area contributed by atoms with Crippen LogP contribution in [0.1, 0.15) is 10.4 Å². The zero-order valence-electron chi connectivity index (χ0n) is 11.1. The molecule has 0 spiro atoms. The summed E-state index contributed by atoms with van der Waals surface area (Å²) in [5, 5.41) is 0.628. The van der Waals surface area contributed by atoms with Gasteiger partial charge in [0.2, 0.25) is 0 Å². The molecule has 0 unspecified atom stereocenters. The van der Waals surface area contributed by atoms with Gasteiger partial charge in [-0.3, -0.25) is 9.59 Å². The average Bonchev–Trinajstić information content (AvgIpc) is 2.51. The largest absolute Gasteiger partial charge is 0.339 e. The minimum atomic E-state index is -0.0297. The van der Waals surface area contributed by atoms with E-state index in [0.29, 0.717) is 10.9 Å². The first-order chi connectivity index (χ1) is 10.1. The monoisotopic (exact) mass is 341 g/mol. The van der Waals surface area contributed by atoms with Crippen LogP contribution in [-0.4, -0.2) is 10.4 Å². The summed E-state index contributed by atoms with van der Waals surface area (Å²) in [6, 6.07) is 16.1. The summed E-state index contributed by atoms with van der Waals surface area (Å²) < 4.78 is 2.74. The van der Waals surface area contributed by atoms with Crippen LogP contribution in [-0.2, 0) is 6.54 Å². The number of carbonyl (C=O) groups excluding carboxylic acids is 1. The lowest BCUT2D eigenvalue weighted by molar-refractivity contribution is 0.0973. The minimum absolute atomic E-state index is 0.0105. The third-order valence-corrected chi connectivity index (χ3v) is 3.89. The van der Waals surface area contributed by atoms with Crippen molar-refractivity contribution in [3.05, 3.63) is 81.1 Å². The van der Waals surface area contributed by atoms with Gasteiger partial charge in [-0.25, -0.2) is 0 Å². The molecule has 1 aromatic heterocycles. The summed E-state index contributed by atoms with van der Waals surface area (Å²) in [4.78, 5) is 24.2. The molecule has 1 heterocycles. The Kier molecular flexibility index (Phi) is 3.71. The van der Waals surface area contributed by atoms with Crippen LogP contribution in [0.2, 0.25) is 0 Å². The van der Waals surface area contributed by atoms with Crippen LogP contribution in [0.4, 0.5) is 0 Å². The van der Waals surface area contributed by atoms with E-state index >= 15 is 0 Å². The van der Waals surface area contributed by atoms with Crippen molar-refractivity contribution in [1.82, 2.24) is 4.57 Å². The number of Topliss-reactive ketones (excluding diaryl/α,β-unsaturated/α-hetero) is 1. The van der Waals surface area contributed by atoms with Crippen molar-refractivity contribution in [1.29, 1.82) is 0 Å². The van der Waals surface area contributed by atoms with Gasteiger partial charge in [0.05, 0.1) is 12.1 Å². The molecule has 2 aromatic carbocycles. The molecular weight excluding hydrogens is 330 g/mol. The first-order valence-corrected chi connectivity index (χ1v) is 7.31. The number of carbonyl (C=O) groups is 1. The van der Waals surface area contributed by atoms with E-state index in [0.717, 1.165) is 9.99 Å². The van der Waals surface area contributed by atoms with Gasteiger partial charge in [0.15, 0.2) is 11.2 Å². The van der Waals surface area contributed by atoms with E-state index in [-0.39, 0.29) is 17.8 Å². The van der Waals surface area contributed by atoms with Crippen molar-refractivity contribution in [2.24, 2.45) is 0 Å². The maximum absolute atomic E-state index is 12.3. The molecule has 0 aliphatic heterocycles. The summed E-state index contributed by atoms with van der Waals surface area (Å²) in [5.74, 6) is 0.0105. The molecule has 0 N–H and O–H groups in total. The molecular formula is C17H12BrNO2. The molecule has 3 aromatic rings. The lowest BCUT2D eigenvalue weighted by Gasteiger charge is -2.10. The molecule has 21 heavy (non-hydrogen) atoms. The SMILES string of the molecule is O=C(Cn1ccc(=O)c2ccccc21)c1ccc(Br)cc1. The maximum Gasteiger partial charge on any atom is 0.189 e. The van der Waals surface area contributed by atoms with Crippen molar-refractivity contribution >= 4 is 32.6 Å². The van der Waals surface area contributed by atoms with Gasteiger partial charge in [-0.2, -0.15) is 0 Å². The van der Waals surface area contributed by atoms with Gasteiger partial charge in [-0.1, -0.05) is 40.2 Å². The molecule has 0 amide bonds. The van der Waals surface area contributed by atoms with Crippen LogP contribution < -0.4 is 5.43 Å². The third-order valence-electron chi connectivity index (χ3n) is 3.36. The van der Waals surface area contributed by atoms with Gasteiger partial charge in [0.1, 0.15) is 0 Å². The number of nitrogens with zero attached hydrogens (tertiary/aromatic N) is 1. The van der Waals surface area contributed by atoms with Crippen molar-refractivity contribution in [3.63, 3.8) is 0 Å². The highest BCUT2D eigenvalue weighted by atomic mass is 79.9. The second kappa shape index (κ2) is 5.66. The number of ketones is 1. The molecule has 0 aliphatic carbocycles. The first kappa shape index (κ1) is 13.8. The standard InChI is InChI=1S/C17H12BrNO2/c18-13-7-5-12(6-8-13)17(21)11-19-10-9-16(20)14-3-1-2-4-15(14)19/h1-10H,11H2. The zero-order valence-corrected chi connectivity index (χ0v) is 12.7. The number of hydrogen-bond donors (Lipinski definition) is 0. The van der Waals surface area contributed by atoms with E-state index in [1.54, 1.807) is 29.0 Å². The van der Waals surface area contributed by atoms with E-state index in [2.05, 4.69) is 15.9 Å². The fourth-order valence-electron chi connectivity index (χ4n) is 2.28. The molecule has 3 rings (SSSR count). The second-order valence-corrected chi connectivity index (χ2v) is 5.67. The molecule has 0 saturated carbocycles. The van der Waals surface area contributed by atoms with Crippen molar-refractivity contribution in [2.45, 2.75) is 6.54 Å². The Bertz CT molecular complexity index is 866. The van der Waals surface area contributed by atoms with Gasteiger partial charge >= 0.3 is 0 Å². The van der Waals surface area contributed by atoms with E-state index in [9.17, 15) is 9.59 Å². The van der Waals surface area contributed by atoms with Crippen LogP contribution >= 0.6 is 15.9 Å². The van der Waals surface area contributed by atoms with E-state index < -0.39 is 0 Å². The molecule has 0 bridgehead atoms. The van der Waals surface area contributed by atoms with Crippen LogP contribution in [0.15, 0.2) is 70.1 Å². The lowest BCUT2D eigenvalue weighted by atomic mass is 10.1. The number of aromatic nitrogens is 1. The summed E-state index contributed by atoms with van der Waals surface area (Å²) >= 11 is 3.35. The first-order valence-electron chi connectivity index (χ1n) is 6.52. The number of para-hydroxylation sites is 1. The molecule has 0 aliphatic rings. The maximum atomic E-state index is 12.3. The molecule has 0 saturated heterocycles. The average molecular weight is 342 g/mol. The van der Waals surface area contributed by atoms with Gasteiger partial charge in [-0.15, -0.1) is 0 Å². The predicted octanol–water partition coefficient (Wildman–Crippen LogP) is 3.65. The van der Waals surface area contributed by atoms with Crippen molar-refractivity contribution in [2.75, 3.05) is 0 Å². The zero-order chi connectivity index (χ0) is 14.8. The fourth-order valence-corrected chi connectivity index (χ4v) is 2.54. The normalized spacial score (nSPS) is 10.7. The van der Waals surface area contributed by atoms with Crippen LogP contribution in [0.3, 0.4) is 0 Å². The summed E-state index contributed by atoms with van der Waals surface area (Å²) in [5.41, 5.74) is 1.40. The summed E-state index contributed by atoms with van der Waals surface area (Å²) in [7, 11) is 0. The Hall–Kier alpha value is -2.20. The van der Waals surface area contributed by atoms with Gasteiger partial charge in [-0.05, 0) is 24.3 Å². The van der Waals surface area contributed by atoms with Gasteiger partial charge in [0.25, 0.3) is 0 Å². The summed E-state index contributed by atoms with van der Waals surface area (Å²) in [6.07, 6.45) is 1.67. The molecule has 0 fully saturated rings. The van der Waals surface area contributed by atoms with Crippen LogP contribution in [0, 0.1) is 0 Å². The predicted molar refractivity (Wildman–Crippen MR) is 86.7 cm³/mol. The third kappa shape index (κ3) is 2.81. The van der Waals surface area contributed by atoms with Crippen molar-refractivity contribution < 1.29 is 4.79 Å². The Morgan fingerprint density at radius 3 is 2.48 bits per heavy atom. The highest BCUT2D eigenvalue weighted by Gasteiger charge is 2.09. The topological polar surface area (TPSA) is 39.1 Å². The van der Waals surface area contributed by atoms with Crippen LogP contribution in [0.25, 0.3) is 10.9 Å². The van der Waals surface area contributed by atoms with Gasteiger partial charge < -0.3 is 4.57 Å². The quantitative estimate of drug-likeness (QED) is 0.682. The van der Waals surface area contributed by atoms with E-state index in [1.807, 2.05) is 30.3 Å². The molecule has 4 heteroatoms. The Morgan fingerprint density at radius 2 is 1.71 bits per heavy atom. The Morgan fingerprint density at radius 1 is 1.00 bits per heavy atom. The number of pyridine rings is 1. The Labute approximate surface area is 130 Å². The number of fused-ring (bicyclic) bond motifs is 1. The molecule has 0 atom stereocenters. The molecule has 0 radical (unpaired) electrons. The second-order valence-electron chi connectivity index (χ2n) is 4.76. The molecule has 104 valence electrons. The lowest BCUT2D eigenvalue weighted by Crippen LogP contribution is -2.14. The highest BCUT2D eigenvalue weighted by molar-refractivity contribution is 9.10. The smallest absolute Gasteiger partial charge is 0.189 e. The Balaban J connectivity index is 1.99.